The van der Waals surface area contributed by atoms with E-state index in [2.05, 4.69) is 32.9 Å². The van der Waals surface area contributed by atoms with E-state index in [1.807, 2.05) is 6.07 Å². The molecule has 2 aromatic rings. The van der Waals surface area contributed by atoms with Crippen LogP contribution in [0.2, 0.25) is 0 Å². The zero-order chi connectivity index (χ0) is 8.55. The second-order valence-corrected chi connectivity index (χ2v) is 3.11. The van der Waals surface area contributed by atoms with Crippen LogP contribution in [0.1, 0.15) is 18.1 Å². The van der Waals surface area contributed by atoms with Crippen LogP contribution in [0.4, 0.5) is 0 Å². The summed E-state index contributed by atoms with van der Waals surface area (Å²) in [5.74, 6) is 0. The summed E-state index contributed by atoms with van der Waals surface area (Å²) < 4.78 is 5.57. The van der Waals surface area contributed by atoms with E-state index in [-0.39, 0.29) is 0 Å². The molecule has 0 N–H and O–H groups in total. The van der Waals surface area contributed by atoms with Crippen molar-refractivity contribution in [1.82, 2.24) is 0 Å². The fraction of sp³-hybridized carbons (Fsp3) is 0.300. The topological polar surface area (TPSA) is 13.1 Å². The molecule has 1 aromatic carbocycles. The Balaban J connectivity index is 2.67. The molecule has 0 amide bonds. The molecule has 0 fully saturated rings. The molecule has 2 rings (SSSR count). The molecule has 0 aliphatic rings. The number of rotatable bonds is 1. The van der Waals surface area contributed by atoms with Gasteiger partial charge in [0.2, 0.25) is 0 Å². The van der Waals surface area contributed by atoms with Crippen molar-refractivity contribution in [2.24, 2.45) is 0 Å². The van der Waals surface area contributed by atoms with Crippen molar-refractivity contribution in [1.29, 1.82) is 0 Å². The minimum atomic E-state index is 0.966. The monoisotopic (exact) mass is 158 g/mol. The Labute approximate surface area is 72.6 Å². The van der Waals surface area contributed by atoms with Crippen molar-refractivity contribution < 1.29 is 4.42 Å². The summed E-state index contributed by atoms with van der Waals surface area (Å²) in [4.78, 5) is 0. The van der Waals surface area contributed by atoms with Crippen LogP contribution < -0.4 is 0 Å². The maximum absolute atomic E-state index is 5.57. The van der Waals surface area contributed by atoms with Crippen molar-refractivity contribution in [3.63, 3.8) is 0 Å². The van der Waals surface area contributed by atoms with Crippen LogP contribution >= 0.6 is 0 Å². The first kappa shape index (κ1) is 7.60. The van der Waals surface area contributed by atoms with Gasteiger partial charge in [0, 0.05) is 0 Å². The quantitative estimate of drug-likeness (QED) is 0.621. The van der Waals surface area contributed by atoms with E-state index in [4.69, 9.17) is 4.42 Å². The molecule has 0 bridgehead atoms. The molecule has 0 aliphatic heterocycles. The molecule has 0 radical (unpaired) electrons. The second-order valence-electron chi connectivity index (χ2n) is 3.11. The Bertz CT molecular complexity index is 403. The Morgan fingerprint density at radius 3 is 3.00 bits per heavy atom. The fourth-order valence-corrected chi connectivity index (χ4v) is 1.39. The van der Waals surface area contributed by atoms with Crippen LogP contribution in [0.3, 0.4) is 0 Å². The molecule has 60 valence electrons. The van der Waals surface area contributed by atoms with Gasteiger partial charge in [0.05, 0.1) is 0 Å². The van der Waals surface area contributed by atoms with E-state index in [0.717, 1.165) is 17.7 Å². The molecular weight excluding hydrogens is 147 g/mol. The Morgan fingerprint density at radius 2 is 2.25 bits per heavy atom. The Morgan fingerprint density at radius 1 is 1.42 bits per heavy atom. The van der Waals surface area contributed by atoms with E-state index in [1.54, 1.807) is 0 Å². The van der Waals surface area contributed by atoms with Gasteiger partial charge in [0.25, 0.3) is 0 Å². The summed E-state index contributed by atoms with van der Waals surface area (Å²) in [6.45, 7) is 6.31. The minimum absolute atomic E-state index is 0.966. The number of fused-ring (bicyclic) bond motifs is 1. The van der Waals surface area contributed by atoms with Crippen molar-refractivity contribution in [2.75, 3.05) is 0 Å². The zero-order valence-electron chi connectivity index (χ0n) is 7.42. The van der Waals surface area contributed by atoms with Gasteiger partial charge in [0.1, 0.15) is 0 Å². The van der Waals surface area contributed by atoms with Crippen LogP contribution in [0.15, 0.2) is 22.6 Å². The predicted molar refractivity (Wildman–Crippen MR) is 51.7 cm³/mol. The van der Waals surface area contributed by atoms with Gasteiger partial charge in [-0.15, -0.1) is 0 Å². The summed E-state index contributed by atoms with van der Waals surface area (Å²) in [5, 5.41) is 1.21. The molecule has 0 saturated carbocycles. The number of hydrogen-bond acceptors (Lipinski definition) is 1. The summed E-state index contributed by atoms with van der Waals surface area (Å²) in [6, 6.07) is 6.26. The summed E-state index contributed by atoms with van der Waals surface area (Å²) in [7, 11) is 0. The second kappa shape index (κ2) is 2.78. The van der Waals surface area contributed by atoms with Gasteiger partial charge < -0.3 is 0 Å². The van der Waals surface area contributed by atoms with Gasteiger partial charge in [-0.2, -0.15) is 0 Å². The normalized spacial score (nSPS) is 10.5. The third kappa shape index (κ3) is 1.18. The molecule has 0 saturated heterocycles. The molecule has 0 aliphatic carbocycles. The molecule has 0 unspecified atom stereocenters. The fourth-order valence-electron chi connectivity index (χ4n) is 1.39. The van der Waals surface area contributed by atoms with Gasteiger partial charge in [-0.25, -0.2) is 0 Å². The standard InChI is InChI=1S/C10H11BO/c1-3-10-11-8-6-7(2)4-5-9(8)12-10/h4-6H,3H2,1-2H3. The maximum atomic E-state index is 5.57. The van der Waals surface area contributed by atoms with Gasteiger partial charge in [0.15, 0.2) is 0 Å². The molecule has 1 heterocycles. The number of benzene rings is 1. The van der Waals surface area contributed by atoms with Crippen molar-refractivity contribution in [2.45, 2.75) is 20.3 Å². The van der Waals surface area contributed by atoms with Gasteiger partial charge >= 0.3 is 71.9 Å². The van der Waals surface area contributed by atoms with Gasteiger partial charge in [-0.1, -0.05) is 0 Å². The molecular formula is C10H11BO. The van der Waals surface area contributed by atoms with Crippen LogP contribution in [-0.4, -0.2) is 6.91 Å². The van der Waals surface area contributed by atoms with E-state index < -0.39 is 0 Å². The Hall–Kier alpha value is -1.05. The van der Waals surface area contributed by atoms with Crippen LogP contribution in [0.25, 0.3) is 10.9 Å². The van der Waals surface area contributed by atoms with Crippen LogP contribution in [0, 0.1) is 6.92 Å². The number of hydrogen-bond donors (Lipinski definition) is 0. The van der Waals surface area contributed by atoms with E-state index in [9.17, 15) is 0 Å². The van der Waals surface area contributed by atoms with Crippen LogP contribution in [-0.2, 0) is 6.42 Å². The predicted octanol–water partition coefficient (Wildman–Crippen LogP) is 2.64. The van der Waals surface area contributed by atoms with E-state index in [0.29, 0.717) is 0 Å². The summed E-state index contributed by atoms with van der Waals surface area (Å²) in [5.41, 5.74) is 3.35. The van der Waals surface area contributed by atoms with Crippen molar-refractivity contribution in [3.05, 3.63) is 29.4 Å². The third-order valence-corrected chi connectivity index (χ3v) is 2.07. The third-order valence-electron chi connectivity index (χ3n) is 2.07. The molecule has 0 spiro atoms. The van der Waals surface area contributed by atoms with Gasteiger partial charge in [-0.3, -0.25) is 0 Å². The first-order valence-corrected chi connectivity index (χ1v) is 4.28. The zero-order valence-corrected chi connectivity index (χ0v) is 7.42. The van der Waals surface area contributed by atoms with E-state index in [1.165, 1.54) is 10.8 Å². The van der Waals surface area contributed by atoms with Crippen molar-refractivity contribution >= 4 is 17.8 Å². The summed E-state index contributed by atoms with van der Waals surface area (Å²) >= 11 is 0. The molecule has 12 heavy (non-hydrogen) atoms. The SMILES string of the molecule is CCc1bc2cc(C)ccc2o1. The van der Waals surface area contributed by atoms with Gasteiger partial charge in [-0.05, 0) is 0 Å². The number of aryl methyl sites for hydroxylation is 2. The molecule has 0 atom stereocenters. The Kier molecular flexibility index (Phi) is 1.76. The van der Waals surface area contributed by atoms with E-state index >= 15 is 0 Å². The average Bonchev–Trinajstić information content (AvgIpc) is 2.46. The first-order chi connectivity index (χ1) is 5.79. The molecule has 1 aromatic heterocycles. The first-order valence-electron chi connectivity index (χ1n) is 4.28. The molecule has 1 nitrogen and oxygen atoms in total. The molecule has 2 heteroatoms. The summed E-state index contributed by atoms with van der Waals surface area (Å²) in [6.07, 6.45) is 0.966. The van der Waals surface area contributed by atoms with Crippen molar-refractivity contribution in [3.8, 4) is 0 Å². The van der Waals surface area contributed by atoms with Crippen LogP contribution in [0.5, 0.6) is 0 Å². The average molecular weight is 158 g/mol.